The lowest BCUT2D eigenvalue weighted by atomic mass is 9.85. The molecule has 2 aromatic heterocycles. The molecule has 0 bridgehead atoms. The van der Waals surface area contributed by atoms with Gasteiger partial charge in [-0.1, -0.05) is 140 Å². The quantitative estimate of drug-likeness (QED) is 0.110. The third kappa shape index (κ3) is 4.60. The van der Waals surface area contributed by atoms with Crippen LogP contribution in [-0.4, -0.2) is 9.97 Å². The van der Waals surface area contributed by atoms with Gasteiger partial charge in [-0.05, 0) is 62.0 Å². The summed E-state index contributed by atoms with van der Waals surface area (Å²) >= 11 is 0. The highest BCUT2D eigenvalue weighted by molar-refractivity contribution is 6.21. The minimum absolute atomic E-state index is 0.300. The lowest BCUT2D eigenvalue weighted by Gasteiger charge is -2.18. The summed E-state index contributed by atoms with van der Waals surface area (Å²) in [5.41, 5.74) is 9.99. The van der Waals surface area contributed by atoms with Gasteiger partial charge in [-0.3, -0.25) is 0 Å². The molecule has 0 aliphatic carbocycles. The number of pyridine rings is 2. The molecule has 0 spiro atoms. The standard InChI is InChI=1S/C46H26N4/c1-48-44-38-24-26-41(50-46(38)45-37(39(44)28-47)23-25-40(49-45)29-13-4-2-5-14-29)31-17-12-18-32(27-31)43-35-21-10-8-19-33(35)42(30-15-6-3-7-16-30)34-20-9-11-22-36(34)43/h2-27H. The molecule has 230 valence electrons. The predicted molar refractivity (Wildman–Crippen MR) is 205 cm³/mol. The topological polar surface area (TPSA) is 53.9 Å². The molecule has 0 unspecified atom stereocenters. The van der Waals surface area contributed by atoms with E-state index in [0.717, 1.165) is 28.1 Å². The number of rotatable bonds is 4. The highest BCUT2D eigenvalue weighted by Gasteiger charge is 2.20. The first kappa shape index (κ1) is 29.0. The second kappa shape index (κ2) is 11.8. The molecule has 4 heteroatoms. The summed E-state index contributed by atoms with van der Waals surface area (Å²) in [5.74, 6) is 0. The van der Waals surface area contributed by atoms with Gasteiger partial charge in [0.2, 0.25) is 5.69 Å². The zero-order valence-corrected chi connectivity index (χ0v) is 26.8. The number of aromatic nitrogens is 2. The van der Waals surface area contributed by atoms with E-state index in [1.807, 2.05) is 54.6 Å². The van der Waals surface area contributed by atoms with Gasteiger partial charge in [0.05, 0.1) is 40.6 Å². The largest absolute Gasteiger partial charge is 0.247 e. The van der Waals surface area contributed by atoms with Crippen LogP contribution in [0.25, 0.3) is 93.0 Å². The number of hydrogen-bond acceptors (Lipinski definition) is 3. The van der Waals surface area contributed by atoms with Crippen LogP contribution in [0.2, 0.25) is 0 Å². The van der Waals surface area contributed by atoms with Crippen LogP contribution in [0, 0.1) is 17.9 Å². The second-order valence-corrected chi connectivity index (χ2v) is 12.3. The first-order valence-corrected chi connectivity index (χ1v) is 16.4. The summed E-state index contributed by atoms with van der Waals surface area (Å²) in [6, 6.07) is 56.3. The first-order chi connectivity index (χ1) is 24.7. The third-order valence-electron chi connectivity index (χ3n) is 9.51. The molecule has 7 aromatic carbocycles. The van der Waals surface area contributed by atoms with Crippen LogP contribution in [-0.2, 0) is 0 Å². The molecule has 0 radical (unpaired) electrons. The van der Waals surface area contributed by atoms with Crippen LogP contribution >= 0.6 is 0 Å². The minimum atomic E-state index is 0.300. The van der Waals surface area contributed by atoms with Crippen molar-refractivity contribution in [3.05, 3.63) is 175 Å². The third-order valence-corrected chi connectivity index (χ3v) is 9.51. The Hall–Kier alpha value is -7.14. The Morgan fingerprint density at radius 2 is 0.900 bits per heavy atom. The van der Waals surface area contributed by atoms with E-state index in [0.29, 0.717) is 33.1 Å². The van der Waals surface area contributed by atoms with Gasteiger partial charge >= 0.3 is 0 Å². The molecule has 0 saturated carbocycles. The molecule has 2 heterocycles. The van der Waals surface area contributed by atoms with E-state index in [4.69, 9.17) is 16.5 Å². The predicted octanol–water partition coefficient (Wildman–Crippen LogP) is 12.2. The van der Waals surface area contributed by atoms with Crippen molar-refractivity contribution in [1.82, 2.24) is 9.97 Å². The molecule has 0 aliphatic rings. The average molecular weight is 635 g/mol. The van der Waals surface area contributed by atoms with Crippen molar-refractivity contribution < 1.29 is 0 Å². The molecule has 0 aliphatic heterocycles. The van der Waals surface area contributed by atoms with Crippen molar-refractivity contribution in [2.45, 2.75) is 0 Å². The van der Waals surface area contributed by atoms with Crippen molar-refractivity contribution >= 4 is 49.0 Å². The van der Waals surface area contributed by atoms with E-state index in [2.05, 4.69) is 114 Å². The Morgan fingerprint density at radius 1 is 0.440 bits per heavy atom. The highest BCUT2D eigenvalue weighted by Crippen LogP contribution is 2.44. The van der Waals surface area contributed by atoms with Crippen molar-refractivity contribution in [3.63, 3.8) is 0 Å². The maximum absolute atomic E-state index is 10.2. The monoisotopic (exact) mass is 634 g/mol. The molecular weight excluding hydrogens is 609 g/mol. The first-order valence-electron chi connectivity index (χ1n) is 16.4. The lowest BCUT2D eigenvalue weighted by Crippen LogP contribution is -1.94. The van der Waals surface area contributed by atoms with Gasteiger partial charge in [-0.15, -0.1) is 0 Å². The molecule has 0 N–H and O–H groups in total. The fourth-order valence-corrected chi connectivity index (χ4v) is 7.28. The Bertz CT molecular complexity index is 2820. The maximum atomic E-state index is 10.2. The minimum Gasteiger partial charge on any atom is -0.247 e. The zero-order chi connectivity index (χ0) is 33.6. The van der Waals surface area contributed by atoms with E-state index in [1.54, 1.807) is 0 Å². The summed E-state index contributed by atoms with van der Waals surface area (Å²) in [4.78, 5) is 14.0. The molecule has 9 aromatic rings. The summed E-state index contributed by atoms with van der Waals surface area (Å²) in [7, 11) is 0. The zero-order valence-electron chi connectivity index (χ0n) is 26.8. The van der Waals surface area contributed by atoms with Gasteiger partial charge in [0, 0.05) is 21.9 Å². The fourth-order valence-electron chi connectivity index (χ4n) is 7.28. The Labute approximate surface area is 289 Å². The molecule has 0 fully saturated rings. The number of nitrogens with zero attached hydrogens (tertiary/aromatic N) is 4. The number of benzene rings is 7. The summed E-state index contributed by atoms with van der Waals surface area (Å²) < 4.78 is 0. The van der Waals surface area contributed by atoms with E-state index >= 15 is 0 Å². The van der Waals surface area contributed by atoms with E-state index in [1.165, 1.54) is 38.2 Å². The highest BCUT2D eigenvalue weighted by atomic mass is 14.8. The molecule has 0 saturated heterocycles. The van der Waals surface area contributed by atoms with Crippen LogP contribution in [0.4, 0.5) is 5.69 Å². The normalized spacial score (nSPS) is 11.2. The van der Waals surface area contributed by atoms with Gasteiger partial charge in [0.1, 0.15) is 0 Å². The van der Waals surface area contributed by atoms with Gasteiger partial charge in [-0.2, -0.15) is 5.26 Å². The Morgan fingerprint density at radius 3 is 1.48 bits per heavy atom. The Kier molecular flexibility index (Phi) is 6.87. The molecular formula is C46H26N4. The van der Waals surface area contributed by atoms with Crippen LogP contribution < -0.4 is 0 Å². The summed E-state index contributed by atoms with van der Waals surface area (Å²) in [5, 5.41) is 16.2. The number of hydrogen-bond donors (Lipinski definition) is 0. The van der Waals surface area contributed by atoms with E-state index in [9.17, 15) is 5.26 Å². The Balaban J connectivity index is 1.28. The number of fused-ring (bicyclic) bond motifs is 5. The van der Waals surface area contributed by atoms with Crippen molar-refractivity contribution in [3.8, 4) is 50.8 Å². The van der Waals surface area contributed by atoms with Crippen LogP contribution in [0.1, 0.15) is 5.56 Å². The molecule has 9 rings (SSSR count). The number of nitriles is 1. The van der Waals surface area contributed by atoms with Gasteiger partial charge in [-0.25, -0.2) is 14.8 Å². The summed E-state index contributed by atoms with van der Waals surface area (Å²) in [6.07, 6.45) is 0. The average Bonchev–Trinajstić information content (AvgIpc) is 3.19. The molecule has 4 nitrogen and oxygen atoms in total. The van der Waals surface area contributed by atoms with Crippen molar-refractivity contribution in [1.29, 1.82) is 5.26 Å². The van der Waals surface area contributed by atoms with Gasteiger partial charge in [0.15, 0.2) is 0 Å². The van der Waals surface area contributed by atoms with Gasteiger partial charge in [0.25, 0.3) is 0 Å². The van der Waals surface area contributed by atoms with E-state index in [-0.39, 0.29) is 0 Å². The van der Waals surface area contributed by atoms with Crippen LogP contribution in [0.3, 0.4) is 0 Å². The van der Waals surface area contributed by atoms with E-state index < -0.39 is 0 Å². The van der Waals surface area contributed by atoms with Crippen molar-refractivity contribution in [2.24, 2.45) is 0 Å². The SMILES string of the molecule is [C-]#[N+]c1c(C#N)c2ccc(-c3ccccc3)nc2c2nc(-c3cccc(-c4c5ccccc5c(-c5ccccc5)c5ccccc45)c3)ccc12. The van der Waals surface area contributed by atoms with Crippen LogP contribution in [0.5, 0.6) is 0 Å². The van der Waals surface area contributed by atoms with Gasteiger partial charge < -0.3 is 0 Å². The van der Waals surface area contributed by atoms with Crippen molar-refractivity contribution in [2.75, 3.05) is 0 Å². The molecule has 0 atom stereocenters. The lowest BCUT2D eigenvalue weighted by molar-refractivity contribution is 1.36. The van der Waals surface area contributed by atoms with Crippen LogP contribution in [0.15, 0.2) is 158 Å². The maximum Gasteiger partial charge on any atom is 0.214 e. The second-order valence-electron chi connectivity index (χ2n) is 12.3. The molecule has 0 amide bonds. The fraction of sp³-hybridized carbons (Fsp3) is 0. The summed E-state index contributed by atoms with van der Waals surface area (Å²) in [6.45, 7) is 7.99. The smallest absolute Gasteiger partial charge is 0.214 e. The molecule has 50 heavy (non-hydrogen) atoms.